The number of benzene rings is 1. The number of cyclic esters (lactones) is 1. The first-order valence-electron chi connectivity index (χ1n) is 7.16. The molecule has 8 heteroatoms. The van der Waals surface area contributed by atoms with Crippen molar-refractivity contribution in [3.63, 3.8) is 0 Å². The Labute approximate surface area is 135 Å². The Morgan fingerprint density at radius 1 is 1.38 bits per heavy atom. The summed E-state index contributed by atoms with van der Waals surface area (Å²) in [6, 6.07) is 1.65. The largest absolute Gasteiger partial charge is 0.447 e. The number of halogens is 4. The van der Waals surface area contributed by atoms with Gasteiger partial charge in [-0.1, -0.05) is 19.9 Å². The summed E-state index contributed by atoms with van der Waals surface area (Å²) >= 11 is 0. The molecule has 1 aliphatic rings. The van der Waals surface area contributed by atoms with Crippen molar-refractivity contribution in [2.45, 2.75) is 26.1 Å². The standard InChI is InChI=1S/C16H15F4NO3/c1-9(2)13-8-24-15(23)21(13)14(22)6-4-10-3-5-11(17)7-12(10)16(18,19)20/h3-7,9,13H,8H2,1-2H3/b6-4+. The summed E-state index contributed by atoms with van der Waals surface area (Å²) in [5, 5.41) is 0. The predicted molar refractivity (Wildman–Crippen MR) is 77.3 cm³/mol. The second kappa shape index (κ2) is 6.62. The summed E-state index contributed by atoms with van der Waals surface area (Å²) in [6.45, 7) is 3.62. The van der Waals surface area contributed by atoms with Crippen molar-refractivity contribution in [2.75, 3.05) is 6.61 Å². The predicted octanol–water partition coefficient (Wildman–Crippen LogP) is 3.86. The van der Waals surface area contributed by atoms with Gasteiger partial charge in [0.05, 0.1) is 11.6 Å². The fourth-order valence-electron chi connectivity index (χ4n) is 2.34. The van der Waals surface area contributed by atoms with Crippen LogP contribution in [0.3, 0.4) is 0 Å². The lowest BCUT2D eigenvalue weighted by Crippen LogP contribution is -2.40. The number of ether oxygens (including phenoxy) is 1. The molecule has 1 atom stereocenters. The van der Waals surface area contributed by atoms with Crippen LogP contribution in [0.2, 0.25) is 0 Å². The molecule has 0 aromatic heterocycles. The van der Waals surface area contributed by atoms with E-state index >= 15 is 0 Å². The van der Waals surface area contributed by atoms with Crippen LogP contribution in [-0.4, -0.2) is 29.5 Å². The van der Waals surface area contributed by atoms with Crippen LogP contribution in [-0.2, 0) is 15.7 Å². The van der Waals surface area contributed by atoms with Crippen molar-refractivity contribution in [3.05, 3.63) is 41.2 Å². The minimum Gasteiger partial charge on any atom is -0.447 e. The number of imide groups is 1. The molecule has 0 aliphatic carbocycles. The molecule has 1 heterocycles. The highest BCUT2D eigenvalue weighted by atomic mass is 19.4. The molecule has 1 aliphatic heterocycles. The summed E-state index contributed by atoms with van der Waals surface area (Å²) in [7, 11) is 0. The molecule has 1 aromatic rings. The van der Waals surface area contributed by atoms with Crippen molar-refractivity contribution in [2.24, 2.45) is 5.92 Å². The Balaban J connectivity index is 2.28. The molecular formula is C16H15F4NO3. The van der Waals surface area contributed by atoms with Gasteiger partial charge >= 0.3 is 12.3 Å². The molecule has 0 spiro atoms. The van der Waals surface area contributed by atoms with E-state index in [2.05, 4.69) is 0 Å². The quantitative estimate of drug-likeness (QED) is 0.617. The van der Waals surface area contributed by atoms with E-state index in [9.17, 15) is 27.2 Å². The Hall–Kier alpha value is -2.38. The van der Waals surface area contributed by atoms with Gasteiger partial charge in [-0.25, -0.2) is 14.1 Å². The van der Waals surface area contributed by atoms with Crippen molar-refractivity contribution < 1.29 is 31.9 Å². The summed E-state index contributed by atoms with van der Waals surface area (Å²) in [5.41, 5.74) is -1.57. The Morgan fingerprint density at radius 3 is 2.62 bits per heavy atom. The first-order valence-corrected chi connectivity index (χ1v) is 7.16. The number of rotatable bonds is 3. The van der Waals surface area contributed by atoms with Gasteiger partial charge < -0.3 is 4.74 Å². The Bertz CT molecular complexity index is 682. The lowest BCUT2D eigenvalue weighted by molar-refractivity contribution is -0.138. The van der Waals surface area contributed by atoms with Crippen molar-refractivity contribution in [3.8, 4) is 0 Å². The molecule has 2 amide bonds. The molecule has 0 saturated carbocycles. The van der Waals surface area contributed by atoms with Crippen LogP contribution in [0.5, 0.6) is 0 Å². The summed E-state index contributed by atoms with van der Waals surface area (Å²) in [4.78, 5) is 24.7. The first-order chi connectivity index (χ1) is 11.1. The van der Waals surface area contributed by atoms with Crippen LogP contribution in [0.4, 0.5) is 22.4 Å². The fourth-order valence-corrected chi connectivity index (χ4v) is 2.34. The minimum absolute atomic E-state index is 0.0421. The average Bonchev–Trinajstić information content (AvgIpc) is 2.86. The zero-order chi connectivity index (χ0) is 18.1. The lowest BCUT2D eigenvalue weighted by Gasteiger charge is -2.21. The van der Waals surface area contributed by atoms with E-state index in [1.807, 2.05) is 0 Å². The third-order valence-electron chi connectivity index (χ3n) is 3.64. The molecular weight excluding hydrogens is 330 g/mol. The van der Waals surface area contributed by atoms with Crippen molar-refractivity contribution in [1.82, 2.24) is 4.90 Å². The molecule has 0 N–H and O–H groups in total. The van der Waals surface area contributed by atoms with E-state index in [0.29, 0.717) is 6.07 Å². The summed E-state index contributed by atoms with van der Waals surface area (Å²) < 4.78 is 56.6. The van der Waals surface area contributed by atoms with Gasteiger partial charge in [0.1, 0.15) is 12.4 Å². The zero-order valence-corrected chi connectivity index (χ0v) is 12.9. The topological polar surface area (TPSA) is 46.6 Å². The van der Waals surface area contributed by atoms with Gasteiger partial charge in [-0.15, -0.1) is 0 Å². The Kier molecular flexibility index (Phi) is 4.96. The average molecular weight is 345 g/mol. The molecule has 0 radical (unpaired) electrons. The van der Waals surface area contributed by atoms with Gasteiger partial charge in [-0.2, -0.15) is 13.2 Å². The molecule has 1 aromatic carbocycles. The highest BCUT2D eigenvalue weighted by Gasteiger charge is 2.38. The van der Waals surface area contributed by atoms with Gasteiger partial charge in [0, 0.05) is 6.08 Å². The molecule has 4 nitrogen and oxygen atoms in total. The van der Waals surface area contributed by atoms with Crippen LogP contribution in [0.15, 0.2) is 24.3 Å². The van der Waals surface area contributed by atoms with Crippen LogP contribution in [0.25, 0.3) is 6.08 Å². The number of nitrogens with zero attached hydrogens (tertiary/aromatic N) is 1. The molecule has 130 valence electrons. The van der Waals surface area contributed by atoms with Crippen molar-refractivity contribution >= 4 is 18.1 Å². The fraction of sp³-hybridized carbons (Fsp3) is 0.375. The molecule has 24 heavy (non-hydrogen) atoms. The van der Waals surface area contributed by atoms with Crippen LogP contribution < -0.4 is 0 Å². The number of hydrogen-bond acceptors (Lipinski definition) is 3. The van der Waals surface area contributed by atoms with E-state index in [1.54, 1.807) is 13.8 Å². The van der Waals surface area contributed by atoms with E-state index in [-0.39, 0.29) is 18.1 Å². The lowest BCUT2D eigenvalue weighted by atomic mass is 10.0. The second-order valence-electron chi connectivity index (χ2n) is 5.66. The van der Waals surface area contributed by atoms with E-state index in [0.717, 1.165) is 29.2 Å². The minimum atomic E-state index is -4.77. The normalized spacial score (nSPS) is 18.5. The van der Waals surface area contributed by atoms with Crippen molar-refractivity contribution in [1.29, 1.82) is 0 Å². The number of alkyl halides is 3. The first kappa shape index (κ1) is 18.0. The van der Waals surface area contributed by atoms with Gasteiger partial charge in [0.25, 0.3) is 5.91 Å². The van der Waals surface area contributed by atoms with Crippen LogP contribution >= 0.6 is 0 Å². The van der Waals surface area contributed by atoms with Gasteiger partial charge in [0.15, 0.2) is 0 Å². The monoisotopic (exact) mass is 345 g/mol. The molecule has 1 unspecified atom stereocenters. The highest BCUT2D eigenvalue weighted by Crippen LogP contribution is 2.33. The third-order valence-corrected chi connectivity index (χ3v) is 3.64. The zero-order valence-electron chi connectivity index (χ0n) is 12.9. The van der Waals surface area contributed by atoms with E-state index < -0.39 is 35.6 Å². The van der Waals surface area contributed by atoms with Crippen LogP contribution in [0, 0.1) is 11.7 Å². The van der Waals surface area contributed by atoms with Gasteiger partial charge in [-0.05, 0) is 29.7 Å². The molecule has 1 fully saturated rings. The maximum absolute atomic E-state index is 13.1. The number of carbonyl (C=O) groups is 2. The second-order valence-corrected chi connectivity index (χ2v) is 5.66. The molecule has 1 saturated heterocycles. The Morgan fingerprint density at radius 2 is 2.04 bits per heavy atom. The number of amides is 2. The van der Waals surface area contributed by atoms with Gasteiger partial charge in [-0.3, -0.25) is 4.79 Å². The summed E-state index contributed by atoms with van der Waals surface area (Å²) in [6.07, 6.45) is -3.84. The third kappa shape index (κ3) is 3.74. The molecule has 0 bridgehead atoms. The maximum Gasteiger partial charge on any atom is 0.417 e. The maximum atomic E-state index is 13.1. The van der Waals surface area contributed by atoms with E-state index in [1.165, 1.54) is 0 Å². The van der Waals surface area contributed by atoms with E-state index in [4.69, 9.17) is 4.74 Å². The SMILES string of the molecule is CC(C)C1COC(=O)N1C(=O)/C=C/c1ccc(F)cc1C(F)(F)F. The smallest absolute Gasteiger partial charge is 0.417 e. The number of hydrogen-bond donors (Lipinski definition) is 0. The summed E-state index contributed by atoms with van der Waals surface area (Å²) in [5.74, 6) is -1.88. The highest BCUT2D eigenvalue weighted by molar-refractivity contribution is 6.02. The van der Waals surface area contributed by atoms with Crippen LogP contribution in [0.1, 0.15) is 25.0 Å². The van der Waals surface area contributed by atoms with Gasteiger partial charge in [0.2, 0.25) is 0 Å². The number of carbonyl (C=O) groups excluding carboxylic acids is 2. The molecule has 2 rings (SSSR count).